The summed E-state index contributed by atoms with van der Waals surface area (Å²) in [6.45, 7) is 4.34. The summed E-state index contributed by atoms with van der Waals surface area (Å²) in [6, 6.07) is 19.1. The molecule has 1 aromatic heterocycles. The molecule has 0 N–H and O–H groups in total. The highest BCUT2D eigenvalue weighted by atomic mass is 35.5. The average molecular weight is 310 g/mol. The largest absolute Gasteiger partial charge is 0.347 e. The van der Waals surface area contributed by atoms with E-state index in [4.69, 9.17) is 11.6 Å². The van der Waals surface area contributed by atoms with Gasteiger partial charge in [-0.05, 0) is 48.2 Å². The van der Waals surface area contributed by atoms with E-state index in [1.165, 1.54) is 33.6 Å². The summed E-state index contributed by atoms with van der Waals surface area (Å²) in [7, 11) is 2.12. The van der Waals surface area contributed by atoms with Crippen LogP contribution in [0.4, 0.5) is 0 Å². The van der Waals surface area contributed by atoms with Crippen molar-refractivity contribution in [1.82, 2.24) is 4.57 Å². The van der Waals surface area contributed by atoms with Gasteiger partial charge in [0.05, 0.1) is 5.69 Å². The monoisotopic (exact) mass is 309 g/mol. The summed E-state index contributed by atoms with van der Waals surface area (Å²) in [4.78, 5) is 0. The van der Waals surface area contributed by atoms with E-state index in [9.17, 15) is 0 Å². The van der Waals surface area contributed by atoms with Gasteiger partial charge in [-0.1, -0.05) is 54.9 Å². The molecule has 2 aromatic carbocycles. The molecule has 0 bridgehead atoms. The summed E-state index contributed by atoms with van der Waals surface area (Å²) < 4.78 is 2.25. The Hall–Kier alpha value is -1.99. The van der Waals surface area contributed by atoms with Gasteiger partial charge in [0.1, 0.15) is 0 Å². The predicted octanol–water partition coefficient (Wildman–Crippen LogP) is 5.88. The van der Waals surface area contributed by atoms with Gasteiger partial charge in [0, 0.05) is 23.3 Å². The fraction of sp³-hybridized carbons (Fsp3) is 0.200. The van der Waals surface area contributed by atoms with Crippen LogP contribution in [0.1, 0.15) is 18.2 Å². The lowest BCUT2D eigenvalue weighted by Crippen LogP contribution is -1.94. The third kappa shape index (κ3) is 2.69. The number of benzene rings is 2. The molecule has 0 saturated carbocycles. The molecule has 0 spiro atoms. The van der Waals surface area contributed by atoms with E-state index in [-0.39, 0.29) is 0 Å². The molecule has 2 heteroatoms. The van der Waals surface area contributed by atoms with Crippen LogP contribution in [-0.2, 0) is 13.5 Å². The molecular formula is C20H20ClN. The van der Waals surface area contributed by atoms with Crippen molar-refractivity contribution in [3.8, 4) is 22.4 Å². The average Bonchev–Trinajstić information content (AvgIpc) is 2.84. The highest BCUT2D eigenvalue weighted by Gasteiger charge is 2.14. The Labute approximate surface area is 137 Å². The van der Waals surface area contributed by atoms with Crippen LogP contribution in [0.5, 0.6) is 0 Å². The zero-order valence-electron chi connectivity index (χ0n) is 13.2. The standard InChI is InChI=1S/C20H20ClN/c1-4-15-6-5-7-17(13-15)19-12-14(2)22(3)20(19)16-8-10-18(21)11-9-16/h5-13H,4H2,1-3H3. The Kier molecular flexibility index (Phi) is 4.08. The normalized spacial score (nSPS) is 10.9. The Morgan fingerprint density at radius 3 is 2.36 bits per heavy atom. The molecule has 0 aliphatic rings. The van der Waals surface area contributed by atoms with Gasteiger partial charge in [0.2, 0.25) is 0 Å². The lowest BCUT2D eigenvalue weighted by molar-refractivity contribution is 0.891. The molecule has 3 aromatic rings. The molecule has 1 nitrogen and oxygen atoms in total. The van der Waals surface area contributed by atoms with E-state index in [2.05, 4.69) is 67.9 Å². The number of rotatable bonds is 3. The number of hydrogen-bond donors (Lipinski definition) is 0. The summed E-state index contributed by atoms with van der Waals surface area (Å²) in [5, 5.41) is 0.768. The Morgan fingerprint density at radius 1 is 0.955 bits per heavy atom. The summed E-state index contributed by atoms with van der Waals surface area (Å²) in [5.74, 6) is 0. The first-order chi connectivity index (χ1) is 10.6. The molecule has 0 fully saturated rings. The minimum atomic E-state index is 0.768. The predicted molar refractivity (Wildman–Crippen MR) is 95.4 cm³/mol. The second-order valence-corrected chi connectivity index (χ2v) is 6.10. The molecule has 0 aliphatic heterocycles. The SMILES string of the molecule is CCc1cccc(-c2cc(C)n(C)c2-c2ccc(Cl)cc2)c1. The maximum atomic E-state index is 6.03. The molecule has 0 atom stereocenters. The second-order valence-electron chi connectivity index (χ2n) is 5.67. The molecule has 0 amide bonds. The summed E-state index contributed by atoms with van der Waals surface area (Å²) in [6.07, 6.45) is 1.05. The van der Waals surface area contributed by atoms with Crippen LogP contribution in [0.25, 0.3) is 22.4 Å². The van der Waals surface area contributed by atoms with Crippen molar-refractivity contribution in [3.63, 3.8) is 0 Å². The van der Waals surface area contributed by atoms with Gasteiger partial charge in [-0.15, -0.1) is 0 Å². The number of aryl methyl sites for hydroxylation is 2. The highest BCUT2D eigenvalue weighted by Crippen LogP contribution is 2.35. The van der Waals surface area contributed by atoms with Gasteiger partial charge in [-0.2, -0.15) is 0 Å². The van der Waals surface area contributed by atoms with Gasteiger partial charge in [0.15, 0.2) is 0 Å². The molecule has 22 heavy (non-hydrogen) atoms. The first-order valence-corrected chi connectivity index (χ1v) is 7.99. The lowest BCUT2D eigenvalue weighted by atomic mass is 9.99. The molecule has 1 heterocycles. The van der Waals surface area contributed by atoms with E-state index < -0.39 is 0 Å². The van der Waals surface area contributed by atoms with Crippen molar-refractivity contribution < 1.29 is 0 Å². The molecule has 112 valence electrons. The van der Waals surface area contributed by atoms with E-state index in [0.29, 0.717) is 0 Å². The minimum Gasteiger partial charge on any atom is -0.347 e. The lowest BCUT2D eigenvalue weighted by Gasteiger charge is -2.10. The van der Waals surface area contributed by atoms with E-state index in [1.54, 1.807) is 0 Å². The molecule has 3 rings (SSSR count). The van der Waals surface area contributed by atoms with Crippen molar-refractivity contribution >= 4 is 11.6 Å². The van der Waals surface area contributed by atoms with Crippen molar-refractivity contribution in [1.29, 1.82) is 0 Å². The maximum absolute atomic E-state index is 6.03. The van der Waals surface area contributed by atoms with Crippen molar-refractivity contribution in [2.75, 3.05) is 0 Å². The van der Waals surface area contributed by atoms with Gasteiger partial charge in [-0.3, -0.25) is 0 Å². The van der Waals surface area contributed by atoms with Gasteiger partial charge >= 0.3 is 0 Å². The Balaban J connectivity index is 2.20. The number of hydrogen-bond acceptors (Lipinski definition) is 0. The van der Waals surface area contributed by atoms with E-state index in [1.807, 2.05) is 12.1 Å². The Morgan fingerprint density at radius 2 is 1.68 bits per heavy atom. The highest BCUT2D eigenvalue weighted by molar-refractivity contribution is 6.30. The third-order valence-electron chi connectivity index (χ3n) is 4.24. The maximum Gasteiger partial charge on any atom is 0.0559 e. The van der Waals surface area contributed by atoms with Crippen molar-refractivity contribution in [2.24, 2.45) is 7.05 Å². The molecule has 0 aliphatic carbocycles. The molecule has 0 unspecified atom stereocenters. The minimum absolute atomic E-state index is 0.768. The van der Waals surface area contributed by atoms with Crippen LogP contribution in [-0.4, -0.2) is 4.57 Å². The van der Waals surface area contributed by atoms with Crippen LogP contribution in [0, 0.1) is 6.92 Å². The van der Waals surface area contributed by atoms with Crippen LogP contribution >= 0.6 is 11.6 Å². The van der Waals surface area contributed by atoms with Crippen LogP contribution in [0.2, 0.25) is 5.02 Å². The van der Waals surface area contributed by atoms with Gasteiger partial charge in [-0.25, -0.2) is 0 Å². The fourth-order valence-electron chi connectivity index (χ4n) is 2.87. The van der Waals surface area contributed by atoms with Crippen LogP contribution in [0.3, 0.4) is 0 Å². The zero-order valence-corrected chi connectivity index (χ0v) is 14.0. The summed E-state index contributed by atoms with van der Waals surface area (Å²) >= 11 is 6.03. The van der Waals surface area contributed by atoms with Crippen molar-refractivity contribution in [2.45, 2.75) is 20.3 Å². The number of nitrogens with zero attached hydrogens (tertiary/aromatic N) is 1. The number of halogens is 1. The molecule has 0 radical (unpaired) electrons. The second kappa shape index (κ2) is 6.02. The smallest absolute Gasteiger partial charge is 0.0559 e. The first kappa shape index (κ1) is 14.9. The van der Waals surface area contributed by atoms with Crippen LogP contribution < -0.4 is 0 Å². The Bertz CT molecular complexity index is 797. The molecule has 0 saturated heterocycles. The topological polar surface area (TPSA) is 4.93 Å². The van der Waals surface area contributed by atoms with E-state index >= 15 is 0 Å². The zero-order chi connectivity index (χ0) is 15.7. The van der Waals surface area contributed by atoms with E-state index in [0.717, 1.165) is 11.4 Å². The third-order valence-corrected chi connectivity index (χ3v) is 4.49. The first-order valence-electron chi connectivity index (χ1n) is 7.61. The quantitative estimate of drug-likeness (QED) is 0.569. The van der Waals surface area contributed by atoms with Crippen LogP contribution in [0.15, 0.2) is 54.6 Å². The summed E-state index contributed by atoms with van der Waals surface area (Å²) in [5.41, 5.74) is 7.59. The van der Waals surface area contributed by atoms with Gasteiger partial charge < -0.3 is 4.57 Å². The molecular weight excluding hydrogens is 290 g/mol. The van der Waals surface area contributed by atoms with Crippen molar-refractivity contribution in [3.05, 3.63) is 70.9 Å². The number of aromatic nitrogens is 1. The van der Waals surface area contributed by atoms with Gasteiger partial charge in [0.25, 0.3) is 0 Å². The fourth-order valence-corrected chi connectivity index (χ4v) is 2.99.